The Hall–Kier alpha value is -0.550. The maximum absolute atomic E-state index is 11.3. The number of hydrogen-bond donors (Lipinski definition) is 2. The van der Waals surface area contributed by atoms with Crippen molar-refractivity contribution >= 4 is 23.6 Å². The monoisotopic (exact) mass is 216 g/mol. The van der Waals surface area contributed by atoms with Gasteiger partial charge < -0.3 is 5.32 Å². The van der Waals surface area contributed by atoms with Crippen molar-refractivity contribution in [2.24, 2.45) is 0 Å². The Bertz CT molecular complexity index is 221. The van der Waals surface area contributed by atoms with Crippen LogP contribution >= 0.6 is 11.8 Å². The third kappa shape index (κ3) is 3.67. The van der Waals surface area contributed by atoms with Gasteiger partial charge in [0.05, 0.1) is 6.04 Å². The number of carbonyl (C=O) groups excluding carboxylic acids is 2. The van der Waals surface area contributed by atoms with Crippen LogP contribution < -0.4 is 10.6 Å². The predicted octanol–water partition coefficient (Wildman–Crippen LogP) is 0.134. The molecule has 1 unspecified atom stereocenters. The molecule has 0 radical (unpaired) electrons. The molecular formula is C9H16N2O2S. The molecule has 5 heteroatoms. The third-order valence-corrected chi connectivity index (χ3v) is 2.85. The minimum absolute atomic E-state index is 0.155. The van der Waals surface area contributed by atoms with E-state index in [-0.39, 0.29) is 17.9 Å². The molecule has 1 aliphatic rings. The minimum Gasteiger partial charge on any atom is -0.306 e. The van der Waals surface area contributed by atoms with E-state index in [2.05, 4.69) is 16.9 Å². The van der Waals surface area contributed by atoms with Crippen molar-refractivity contribution in [3.63, 3.8) is 0 Å². The third-order valence-electron chi connectivity index (χ3n) is 2.16. The Kier molecular flexibility index (Phi) is 4.97. The van der Waals surface area contributed by atoms with Crippen LogP contribution in [0.1, 0.15) is 19.3 Å². The normalized spacial score (nSPS) is 22.2. The lowest BCUT2D eigenvalue weighted by Crippen LogP contribution is -2.50. The summed E-state index contributed by atoms with van der Waals surface area (Å²) < 4.78 is 0. The van der Waals surface area contributed by atoms with E-state index in [4.69, 9.17) is 0 Å². The maximum atomic E-state index is 11.3. The summed E-state index contributed by atoms with van der Waals surface area (Å²) in [5.74, 6) is 0.767. The molecule has 0 bridgehead atoms. The molecule has 0 aromatic carbocycles. The molecule has 0 aliphatic carbocycles. The Balaban J connectivity index is 2.17. The topological polar surface area (TPSA) is 58.2 Å². The molecule has 1 atom stereocenters. The summed E-state index contributed by atoms with van der Waals surface area (Å²) in [5.41, 5.74) is 0. The molecule has 0 aromatic heterocycles. The second-order valence-corrected chi connectivity index (χ2v) is 4.29. The van der Waals surface area contributed by atoms with Crippen LogP contribution in [0, 0.1) is 0 Å². The number of thioether (sulfide) groups is 1. The zero-order valence-electron chi connectivity index (χ0n) is 8.34. The first-order chi connectivity index (χ1) is 6.74. The van der Waals surface area contributed by atoms with Gasteiger partial charge in [0.25, 0.3) is 0 Å². The first-order valence-electron chi connectivity index (χ1n) is 4.80. The van der Waals surface area contributed by atoms with Crippen LogP contribution in [-0.2, 0) is 9.59 Å². The first-order valence-corrected chi connectivity index (χ1v) is 6.19. The van der Waals surface area contributed by atoms with Gasteiger partial charge in [0, 0.05) is 6.42 Å². The van der Waals surface area contributed by atoms with E-state index >= 15 is 0 Å². The van der Waals surface area contributed by atoms with Gasteiger partial charge >= 0.3 is 0 Å². The minimum atomic E-state index is -0.176. The number of piperidine rings is 1. The summed E-state index contributed by atoms with van der Waals surface area (Å²) in [7, 11) is 0. The lowest BCUT2D eigenvalue weighted by atomic mass is 10.1. The average molecular weight is 216 g/mol. The summed E-state index contributed by atoms with van der Waals surface area (Å²) in [6.07, 6.45) is 4.20. The number of amides is 2. The number of rotatable bonds is 5. The Morgan fingerprint density at radius 2 is 2.36 bits per heavy atom. The van der Waals surface area contributed by atoms with Crippen LogP contribution in [0.4, 0.5) is 0 Å². The molecule has 14 heavy (non-hydrogen) atoms. The molecule has 2 N–H and O–H groups in total. The second kappa shape index (κ2) is 6.03. The highest BCUT2D eigenvalue weighted by atomic mass is 32.2. The first kappa shape index (κ1) is 11.5. The van der Waals surface area contributed by atoms with Crippen molar-refractivity contribution in [3.8, 4) is 0 Å². The zero-order chi connectivity index (χ0) is 10.4. The number of nitrogens with one attached hydrogen (secondary N) is 2. The van der Waals surface area contributed by atoms with Gasteiger partial charge in [0.1, 0.15) is 0 Å². The fourth-order valence-corrected chi connectivity index (χ4v) is 1.81. The van der Waals surface area contributed by atoms with E-state index in [1.807, 2.05) is 0 Å². The van der Waals surface area contributed by atoms with Gasteiger partial charge in [-0.1, -0.05) is 0 Å². The highest BCUT2D eigenvalue weighted by Gasteiger charge is 2.25. The van der Waals surface area contributed by atoms with Crippen LogP contribution in [0.15, 0.2) is 0 Å². The van der Waals surface area contributed by atoms with Gasteiger partial charge in [-0.05, 0) is 31.4 Å². The number of carbonyl (C=O) groups is 2. The average Bonchev–Trinajstić information content (AvgIpc) is 2.15. The molecule has 1 saturated heterocycles. The van der Waals surface area contributed by atoms with Gasteiger partial charge in [0.2, 0.25) is 11.8 Å². The van der Waals surface area contributed by atoms with Crippen LogP contribution in [0.5, 0.6) is 0 Å². The number of imide groups is 1. The molecule has 0 saturated carbocycles. The van der Waals surface area contributed by atoms with Crippen molar-refractivity contribution in [2.45, 2.75) is 25.3 Å². The molecule has 2 amide bonds. The van der Waals surface area contributed by atoms with Gasteiger partial charge in [-0.25, -0.2) is 0 Å². The quantitative estimate of drug-likeness (QED) is 0.507. The van der Waals surface area contributed by atoms with Gasteiger partial charge in [-0.2, -0.15) is 11.8 Å². The summed E-state index contributed by atoms with van der Waals surface area (Å²) in [5, 5.41) is 5.47. The highest BCUT2D eigenvalue weighted by molar-refractivity contribution is 7.98. The van der Waals surface area contributed by atoms with E-state index < -0.39 is 0 Å². The van der Waals surface area contributed by atoms with Crippen molar-refractivity contribution in [1.29, 1.82) is 0 Å². The molecule has 1 aliphatic heterocycles. The Labute approximate surface area is 88.2 Å². The standard InChI is InChI=1S/C9H16N2O2S/c1-14-6-2-5-10-7-3-4-8(12)11-9(7)13/h7,10H,2-6H2,1H3,(H,11,12,13). The Morgan fingerprint density at radius 3 is 3.00 bits per heavy atom. The lowest BCUT2D eigenvalue weighted by molar-refractivity contribution is -0.134. The molecule has 1 rings (SSSR count). The summed E-state index contributed by atoms with van der Waals surface area (Å²) in [6, 6.07) is -0.172. The largest absolute Gasteiger partial charge is 0.306 e. The van der Waals surface area contributed by atoms with Crippen molar-refractivity contribution in [1.82, 2.24) is 10.6 Å². The summed E-state index contributed by atoms with van der Waals surface area (Å²) in [4.78, 5) is 22.1. The van der Waals surface area contributed by atoms with E-state index in [1.54, 1.807) is 11.8 Å². The van der Waals surface area contributed by atoms with Crippen molar-refractivity contribution in [2.75, 3.05) is 18.6 Å². The van der Waals surface area contributed by atoms with E-state index in [0.29, 0.717) is 12.8 Å². The van der Waals surface area contributed by atoms with Gasteiger partial charge in [-0.15, -0.1) is 0 Å². The van der Waals surface area contributed by atoms with Crippen molar-refractivity contribution < 1.29 is 9.59 Å². The maximum Gasteiger partial charge on any atom is 0.243 e. The van der Waals surface area contributed by atoms with Gasteiger partial charge in [-0.3, -0.25) is 14.9 Å². The fraction of sp³-hybridized carbons (Fsp3) is 0.778. The summed E-state index contributed by atoms with van der Waals surface area (Å²) >= 11 is 1.79. The predicted molar refractivity (Wildman–Crippen MR) is 57.2 cm³/mol. The number of hydrogen-bond acceptors (Lipinski definition) is 4. The smallest absolute Gasteiger partial charge is 0.243 e. The van der Waals surface area contributed by atoms with E-state index in [1.165, 1.54) is 0 Å². The van der Waals surface area contributed by atoms with E-state index in [0.717, 1.165) is 18.7 Å². The molecule has 1 heterocycles. The lowest BCUT2D eigenvalue weighted by Gasteiger charge is -2.21. The van der Waals surface area contributed by atoms with Crippen molar-refractivity contribution in [3.05, 3.63) is 0 Å². The van der Waals surface area contributed by atoms with Crippen LogP contribution in [-0.4, -0.2) is 36.4 Å². The molecule has 80 valence electrons. The zero-order valence-corrected chi connectivity index (χ0v) is 9.15. The van der Waals surface area contributed by atoms with Gasteiger partial charge in [0.15, 0.2) is 0 Å². The molecular weight excluding hydrogens is 200 g/mol. The Morgan fingerprint density at radius 1 is 1.57 bits per heavy atom. The SMILES string of the molecule is CSCCCNC1CCC(=O)NC1=O. The van der Waals surface area contributed by atoms with Crippen LogP contribution in [0.25, 0.3) is 0 Å². The van der Waals surface area contributed by atoms with Crippen LogP contribution in [0.3, 0.4) is 0 Å². The second-order valence-electron chi connectivity index (χ2n) is 3.30. The molecule has 1 fully saturated rings. The fourth-order valence-electron chi connectivity index (χ4n) is 1.38. The van der Waals surface area contributed by atoms with Crippen LogP contribution in [0.2, 0.25) is 0 Å². The van der Waals surface area contributed by atoms with E-state index in [9.17, 15) is 9.59 Å². The summed E-state index contributed by atoms with van der Waals surface area (Å²) in [6.45, 7) is 0.840. The molecule has 4 nitrogen and oxygen atoms in total. The highest BCUT2D eigenvalue weighted by Crippen LogP contribution is 2.04. The molecule has 0 aromatic rings. The molecule has 0 spiro atoms.